The van der Waals surface area contributed by atoms with E-state index in [1.165, 1.54) is 0 Å². The van der Waals surface area contributed by atoms with Crippen molar-refractivity contribution in [2.24, 2.45) is 11.5 Å². The molecule has 0 aliphatic rings. The monoisotopic (exact) mass is 249 g/mol. The first-order valence-corrected chi connectivity index (χ1v) is 5.94. The fourth-order valence-corrected chi connectivity index (χ4v) is 1.49. The number of amides is 2. The molecule has 1 rings (SSSR count). The van der Waals surface area contributed by atoms with Crippen LogP contribution >= 0.6 is 0 Å². The molecular weight excluding hydrogens is 230 g/mol. The lowest BCUT2D eigenvalue weighted by Crippen LogP contribution is -2.30. The van der Waals surface area contributed by atoms with Crippen molar-refractivity contribution >= 4 is 11.8 Å². The number of nitrogens with two attached hydrogens (primary N) is 2. The van der Waals surface area contributed by atoms with Crippen molar-refractivity contribution in [3.63, 3.8) is 0 Å². The molecule has 0 saturated carbocycles. The SMILES string of the molecule is CCC(N)CC(=O)NCc1cccc(C(N)=O)c1. The van der Waals surface area contributed by atoms with Gasteiger partial charge in [0, 0.05) is 24.6 Å². The molecule has 1 aromatic carbocycles. The summed E-state index contributed by atoms with van der Waals surface area (Å²) in [4.78, 5) is 22.5. The van der Waals surface area contributed by atoms with Crippen molar-refractivity contribution in [1.82, 2.24) is 5.32 Å². The molecule has 0 aliphatic carbocycles. The number of hydrogen-bond acceptors (Lipinski definition) is 3. The fraction of sp³-hybridized carbons (Fsp3) is 0.385. The number of hydrogen-bond donors (Lipinski definition) is 3. The second kappa shape index (κ2) is 6.76. The number of carbonyl (C=O) groups excluding carboxylic acids is 2. The maximum absolute atomic E-state index is 11.5. The van der Waals surface area contributed by atoms with Crippen molar-refractivity contribution in [2.45, 2.75) is 32.4 Å². The van der Waals surface area contributed by atoms with E-state index in [4.69, 9.17) is 11.5 Å². The minimum absolute atomic E-state index is 0.0890. The summed E-state index contributed by atoms with van der Waals surface area (Å²) in [6.45, 7) is 2.31. The van der Waals surface area contributed by atoms with Crippen molar-refractivity contribution in [3.05, 3.63) is 35.4 Å². The Hall–Kier alpha value is -1.88. The summed E-state index contributed by atoms with van der Waals surface area (Å²) < 4.78 is 0. The topological polar surface area (TPSA) is 98.2 Å². The molecule has 1 unspecified atom stereocenters. The molecule has 2 amide bonds. The van der Waals surface area contributed by atoms with Crippen LogP contribution in [0.2, 0.25) is 0 Å². The molecule has 0 spiro atoms. The molecule has 0 saturated heterocycles. The quantitative estimate of drug-likeness (QED) is 0.685. The van der Waals surface area contributed by atoms with Crippen LogP contribution in [-0.4, -0.2) is 17.9 Å². The van der Waals surface area contributed by atoms with Crippen LogP contribution in [0.1, 0.15) is 35.7 Å². The third-order valence-corrected chi connectivity index (χ3v) is 2.67. The molecule has 98 valence electrons. The third kappa shape index (κ3) is 4.55. The summed E-state index contributed by atoms with van der Waals surface area (Å²) in [5, 5.41) is 2.76. The average molecular weight is 249 g/mol. The van der Waals surface area contributed by atoms with Gasteiger partial charge in [-0.2, -0.15) is 0 Å². The highest BCUT2D eigenvalue weighted by atomic mass is 16.1. The van der Waals surface area contributed by atoms with Gasteiger partial charge in [-0.05, 0) is 24.1 Å². The largest absolute Gasteiger partial charge is 0.366 e. The van der Waals surface area contributed by atoms with E-state index in [0.29, 0.717) is 18.5 Å². The average Bonchev–Trinajstić information content (AvgIpc) is 2.36. The van der Waals surface area contributed by atoms with Gasteiger partial charge in [0.1, 0.15) is 0 Å². The number of primary amides is 1. The lowest BCUT2D eigenvalue weighted by atomic mass is 10.1. The molecule has 0 heterocycles. The Labute approximate surface area is 107 Å². The smallest absolute Gasteiger partial charge is 0.248 e. The summed E-state index contributed by atoms with van der Waals surface area (Å²) in [5.41, 5.74) is 12.1. The predicted octanol–water partition coefficient (Wildman–Crippen LogP) is 0.529. The van der Waals surface area contributed by atoms with Gasteiger partial charge in [0.2, 0.25) is 11.8 Å². The van der Waals surface area contributed by atoms with E-state index < -0.39 is 5.91 Å². The first kappa shape index (κ1) is 14.2. The molecular formula is C13H19N3O2. The van der Waals surface area contributed by atoms with E-state index in [9.17, 15) is 9.59 Å². The molecule has 0 radical (unpaired) electrons. The fourth-order valence-electron chi connectivity index (χ4n) is 1.49. The molecule has 5 nitrogen and oxygen atoms in total. The van der Waals surface area contributed by atoms with Crippen LogP contribution in [-0.2, 0) is 11.3 Å². The standard InChI is InChI=1S/C13H19N3O2/c1-2-11(14)7-12(17)16-8-9-4-3-5-10(6-9)13(15)18/h3-6,11H,2,7-8,14H2,1H3,(H2,15,18)(H,16,17). The first-order chi connectivity index (χ1) is 8.52. The second-order valence-electron chi connectivity index (χ2n) is 4.21. The van der Waals surface area contributed by atoms with Gasteiger partial charge in [-0.3, -0.25) is 9.59 Å². The van der Waals surface area contributed by atoms with Gasteiger partial charge in [-0.25, -0.2) is 0 Å². The maximum atomic E-state index is 11.5. The Morgan fingerprint density at radius 3 is 2.72 bits per heavy atom. The molecule has 0 fully saturated rings. The van der Waals surface area contributed by atoms with Crippen molar-refractivity contribution in [2.75, 3.05) is 0 Å². The summed E-state index contributed by atoms with van der Waals surface area (Å²) >= 11 is 0. The molecule has 1 atom stereocenters. The zero-order chi connectivity index (χ0) is 13.5. The van der Waals surface area contributed by atoms with E-state index in [1.54, 1.807) is 18.2 Å². The van der Waals surface area contributed by atoms with Gasteiger partial charge in [-0.1, -0.05) is 19.1 Å². The van der Waals surface area contributed by atoms with Gasteiger partial charge in [0.15, 0.2) is 0 Å². The van der Waals surface area contributed by atoms with Gasteiger partial charge >= 0.3 is 0 Å². The molecule has 0 aromatic heterocycles. The zero-order valence-electron chi connectivity index (χ0n) is 10.5. The molecule has 5 N–H and O–H groups in total. The summed E-state index contributed by atoms with van der Waals surface area (Å²) in [5.74, 6) is -0.565. The highest BCUT2D eigenvalue weighted by molar-refractivity contribution is 5.92. The highest BCUT2D eigenvalue weighted by Crippen LogP contribution is 2.04. The molecule has 18 heavy (non-hydrogen) atoms. The number of rotatable bonds is 6. The van der Waals surface area contributed by atoms with Crippen LogP contribution in [0, 0.1) is 0 Å². The Balaban J connectivity index is 2.50. The number of benzene rings is 1. The summed E-state index contributed by atoms with van der Waals surface area (Å²) in [6, 6.07) is 6.76. The lowest BCUT2D eigenvalue weighted by molar-refractivity contribution is -0.121. The van der Waals surface area contributed by atoms with Crippen LogP contribution in [0.5, 0.6) is 0 Å². The van der Waals surface area contributed by atoms with E-state index in [1.807, 2.05) is 13.0 Å². The van der Waals surface area contributed by atoms with Crippen molar-refractivity contribution in [3.8, 4) is 0 Å². The molecule has 0 bridgehead atoms. The molecule has 0 aliphatic heterocycles. The van der Waals surface area contributed by atoms with E-state index >= 15 is 0 Å². The van der Waals surface area contributed by atoms with Gasteiger partial charge in [0.05, 0.1) is 0 Å². The first-order valence-electron chi connectivity index (χ1n) is 5.94. The van der Waals surface area contributed by atoms with Crippen LogP contribution in [0.3, 0.4) is 0 Å². The van der Waals surface area contributed by atoms with Gasteiger partial charge in [0.25, 0.3) is 0 Å². The Bertz CT molecular complexity index is 432. The Morgan fingerprint density at radius 2 is 2.11 bits per heavy atom. The van der Waals surface area contributed by atoms with Crippen molar-refractivity contribution in [1.29, 1.82) is 0 Å². The lowest BCUT2D eigenvalue weighted by Gasteiger charge is -2.09. The minimum atomic E-state index is -0.476. The van der Waals surface area contributed by atoms with Crippen LogP contribution in [0.15, 0.2) is 24.3 Å². The Morgan fingerprint density at radius 1 is 1.39 bits per heavy atom. The number of nitrogens with one attached hydrogen (secondary N) is 1. The van der Waals surface area contributed by atoms with Crippen molar-refractivity contribution < 1.29 is 9.59 Å². The minimum Gasteiger partial charge on any atom is -0.366 e. The predicted molar refractivity (Wildman–Crippen MR) is 69.7 cm³/mol. The molecule has 1 aromatic rings. The van der Waals surface area contributed by atoms with Crippen LogP contribution in [0.25, 0.3) is 0 Å². The summed E-state index contributed by atoms with van der Waals surface area (Å²) in [7, 11) is 0. The zero-order valence-corrected chi connectivity index (χ0v) is 10.5. The van der Waals surface area contributed by atoms with Gasteiger partial charge < -0.3 is 16.8 Å². The van der Waals surface area contributed by atoms with Gasteiger partial charge in [-0.15, -0.1) is 0 Å². The normalized spacial score (nSPS) is 11.9. The Kier molecular flexibility index (Phi) is 5.32. The summed E-state index contributed by atoms with van der Waals surface area (Å²) in [6.07, 6.45) is 1.08. The molecule has 5 heteroatoms. The highest BCUT2D eigenvalue weighted by Gasteiger charge is 2.07. The third-order valence-electron chi connectivity index (χ3n) is 2.67. The second-order valence-corrected chi connectivity index (χ2v) is 4.21. The van der Waals surface area contributed by atoms with E-state index in [0.717, 1.165) is 12.0 Å². The van der Waals surface area contributed by atoms with Crippen LogP contribution in [0.4, 0.5) is 0 Å². The van der Waals surface area contributed by atoms with E-state index in [-0.39, 0.29) is 11.9 Å². The van der Waals surface area contributed by atoms with E-state index in [2.05, 4.69) is 5.32 Å². The van der Waals surface area contributed by atoms with Crippen LogP contribution < -0.4 is 16.8 Å². The maximum Gasteiger partial charge on any atom is 0.248 e. The number of carbonyl (C=O) groups is 2.